The summed E-state index contributed by atoms with van der Waals surface area (Å²) in [7, 11) is 0. The molecular formula is C11H14BrClN2O. The summed E-state index contributed by atoms with van der Waals surface area (Å²) >= 11 is 9.14. The molecule has 3 nitrogen and oxygen atoms in total. The highest BCUT2D eigenvalue weighted by Crippen LogP contribution is 2.25. The molecule has 1 aromatic carbocycles. The average Bonchev–Trinajstić information content (AvgIpc) is 2.22. The first-order valence-electron chi connectivity index (χ1n) is 4.93. The molecule has 0 heterocycles. The van der Waals surface area contributed by atoms with Crippen LogP contribution in [0.4, 0.5) is 5.69 Å². The number of hydrogen-bond donors (Lipinski definition) is 2. The van der Waals surface area contributed by atoms with Gasteiger partial charge in [-0.25, -0.2) is 0 Å². The van der Waals surface area contributed by atoms with Crippen LogP contribution >= 0.6 is 27.5 Å². The van der Waals surface area contributed by atoms with Crippen LogP contribution in [0.25, 0.3) is 0 Å². The predicted molar refractivity (Wildman–Crippen MR) is 70.6 cm³/mol. The van der Waals surface area contributed by atoms with Gasteiger partial charge in [0.2, 0.25) is 5.91 Å². The minimum absolute atomic E-state index is 0.0933. The van der Waals surface area contributed by atoms with E-state index >= 15 is 0 Å². The minimum atomic E-state index is -0.227. The van der Waals surface area contributed by atoms with Crippen LogP contribution in [0.2, 0.25) is 5.02 Å². The van der Waals surface area contributed by atoms with E-state index in [0.29, 0.717) is 10.7 Å². The van der Waals surface area contributed by atoms with Crippen molar-refractivity contribution < 1.29 is 4.79 Å². The summed E-state index contributed by atoms with van der Waals surface area (Å²) in [4.78, 5) is 11.7. The fourth-order valence-electron chi connectivity index (χ4n) is 1.07. The minimum Gasteiger partial charge on any atom is -0.327 e. The first kappa shape index (κ1) is 13.5. The van der Waals surface area contributed by atoms with Crippen LogP contribution in [0.15, 0.2) is 22.7 Å². The Balaban J connectivity index is 2.74. The summed E-state index contributed by atoms with van der Waals surface area (Å²) in [5.74, 6) is -0.321. The zero-order valence-electron chi connectivity index (χ0n) is 9.13. The van der Waals surface area contributed by atoms with E-state index in [2.05, 4.69) is 21.2 Å². The third kappa shape index (κ3) is 3.47. The highest BCUT2D eigenvalue weighted by Gasteiger charge is 2.17. The molecule has 1 aromatic rings. The third-order valence-corrected chi connectivity index (χ3v) is 3.60. The van der Waals surface area contributed by atoms with E-state index in [1.807, 2.05) is 6.92 Å². The second kappa shape index (κ2) is 5.66. The average molecular weight is 306 g/mol. The van der Waals surface area contributed by atoms with Gasteiger partial charge in [0.25, 0.3) is 0 Å². The van der Waals surface area contributed by atoms with Crippen molar-refractivity contribution in [2.75, 3.05) is 5.32 Å². The van der Waals surface area contributed by atoms with Crippen molar-refractivity contribution in [3.63, 3.8) is 0 Å². The number of anilines is 1. The number of hydrogen-bond acceptors (Lipinski definition) is 2. The number of nitrogens with one attached hydrogen (secondary N) is 1. The molecule has 2 atom stereocenters. The third-order valence-electron chi connectivity index (χ3n) is 2.39. The first-order chi connectivity index (χ1) is 7.41. The second-order valence-corrected chi connectivity index (χ2v) is 5.03. The molecule has 0 saturated carbocycles. The summed E-state index contributed by atoms with van der Waals surface area (Å²) in [5.41, 5.74) is 6.36. The Morgan fingerprint density at radius 2 is 2.12 bits per heavy atom. The van der Waals surface area contributed by atoms with Crippen molar-refractivity contribution >= 4 is 39.1 Å². The molecule has 5 heteroatoms. The molecule has 0 aromatic heterocycles. The predicted octanol–water partition coefficient (Wildman–Crippen LogP) is 3.02. The number of nitrogens with two attached hydrogens (primary N) is 1. The molecule has 0 radical (unpaired) electrons. The molecular weight excluding hydrogens is 291 g/mol. The van der Waals surface area contributed by atoms with E-state index in [9.17, 15) is 4.79 Å². The molecule has 0 spiro atoms. The second-order valence-electron chi connectivity index (χ2n) is 3.77. The molecule has 1 rings (SSSR count). The van der Waals surface area contributed by atoms with Gasteiger partial charge in [0.1, 0.15) is 0 Å². The normalized spacial score (nSPS) is 14.3. The standard InChI is InChI=1S/C11H14BrClN2O/c1-6(7(2)14)11(16)15-8-3-4-10(13)9(12)5-8/h3-7H,14H2,1-2H3,(H,15,16). The Bertz CT molecular complexity index is 396. The maximum atomic E-state index is 11.7. The van der Waals surface area contributed by atoms with E-state index in [1.165, 1.54) is 0 Å². The first-order valence-corrected chi connectivity index (χ1v) is 6.10. The van der Waals surface area contributed by atoms with Crippen molar-refractivity contribution in [3.8, 4) is 0 Å². The van der Waals surface area contributed by atoms with Crippen LogP contribution < -0.4 is 11.1 Å². The maximum absolute atomic E-state index is 11.7. The lowest BCUT2D eigenvalue weighted by Crippen LogP contribution is -2.34. The molecule has 0 aliphatic rings. The molecule has 16 heavy (non-hydrogen) atoms. The van der Waals surface area contributed by atoms with E-state index in [-0.39, 0.29) is 17.9 Å². The Morgan fingerprint density at radius 3 is 2.62 bits per heavy atom. The Labute approximate surface area is 108 Å². The zero-order chi connectivity index (χ0) is 12.3. The fraction of sp³-hybridized carbons (Fsp3) is 0.364. The molecule has 0 saturated heterocycles. The quantitative estimate of drug-likeness (QED) is 0.902. The Hall–Kier alpha value is -0.580. The number of carbonyl (C=O) groups is 1. The van der Waals surface area contributed by atoms with E-state index < -0.39 is 0 Å². The van der Waals surface area contributed by atoms with E-state index in [1.54, 1.807) is 25.1 Å². The van der Waals surface area contributed by atoms with E-state index in [4.69, 9.17) is 17.3 Å². The van der Waals surface area contributed by atoms with Crippen molar-refractivity contribution in [2.24, 2.45) is 11.7 Å². The van der Waals surface area contributed by atoms with Gasteiger partial charge in [0.15, 0.2) is 0 Å². The highest BCUT2D eigenvalue weighted by atomic mass is 79.9. The molecule has 88 valence electrons. The van der Waals surface area contributed by atoms with Crippen LogP contribution in [-0.4, -0.2) is 11.9 Å². The van der Waals surface area contributed by atoms with Crippen LogP contribution in [0, 0.1) is 5.92 Å². The molecule has 3 N–H and O–H groups in total. The molecule has 1 amide bonds. The van der Waals surface area contributed by atoms with Gasteiger partial charge in [0.05, 0.1) is 10.9 Å². The number of rotatable bonds is 3. The SMILES string of the molecule is CC(N)C(C)C(=O)Nc1ccc(Cl)c(Br)c1. The van der Waals surface area contributed by atoms with Crippen LogP contribution in [0.5, 0.6) is 0 Å². The molecule has 0 aliphatic carbocycles. The summed E-state index contributed by atoms with van der Waals surface area (Å²) in [5, 5.41) is 3.39. The van der Waals surface area contributed by atoms with Gasteiger partial charge in [-0.3, -0.25) is 4.79 Å². The molecule has 0 fully saturated rings. The summed E-state index contributed by atoms with van der Waals surface area (Å²) < 4.78 is 0.750. The molecule has 2 unspecified atom stereocenters. The summed E-state index contributed by atoms with van der Waals surface area (Å²) in [6.07, 6.45) is 0. The van der Waals surface area contributed by atoms with Gasteiger partial charge in [-0.1, -0.05) is 18.5 Å². The van der Waals surface area contributed by atoms with Crippen molar-refractivity contribution in [1.29, 1.82) is 0 Å². The van der Waals surface area contributed by atoms with Gasteiger partial charge < -0.3 is 11.1 Å². The molecule has 0 bridgehead atoms. The number of benzene rings is 1. The topological polar surface area (TPSA) is 55.1 Å². The Kier molecular flexibility index (Phi) is 4.77. The van der Waals surface area contributed by atoms with Crippen LogP contribution in [0.3, 0.4) is 0 Å². The highest BCUT2D eigenvalue weighted by molar-refractivity contribution is 9.10. The summed E-state index contributed by atoms with van der Waals surface area (Å²) in [6.45, 7) is 3.60. The monoisotopic (exact) mass is 304 g/mol. The molecule has 0 aliphatic heterocycles. The largest absolute Gasteiger partial charge is 0.327 e. The van der Waals surface area contributed by atoms with Gasteiger partial charge in [0, 0.05) is 16.2 Å². The Morgan fingerprint density at radius 1 is 1.50 bits per heavy atom. The van der Waals surface area contributed by atoms with Crippen molar-refractivity contribution in [1.82, 2.24) is 0 Å². The smallest absolute Gasteiger partial charge is 0.228 e. The number of amides is 1. The van der Waals surface area contributed by atoms with E-state index in [0.717, 1.165) is 4.47 Å². The van der Waals surface area contributed by atoms with Gasteiger partial charge in [-0.05, 0) is 41.1 Å². The number of carbonyl (C=O) groups excluding carboxylic acids is 1. The van der Waals surface area contributed by atoms with Gasteiger partial charge in [-0.15, -0.1) is 0 Å². The number of halogens is 2. The van der Waals surface area contributed by atoms with Gasteiger partial charge in [-0.2, -0.15) is 0 Å². The van der Waals surface area contributed by atoms with Crippen LogP contribution in [-0.2, 0) is 4.79 Å². The van der Waals surface area contributed by atoms with Crippen LogP contribution in [0.1, 0.15) is 13.8 Å². The summed E-state index contributed by atoms with van der Waals surface area (Å²) in [6, 6.07) is 5.06. The lowest BCUT2D eigenvalue weighted by atomic mass is 10.0. The van der Waals surface area contributed by atoms with Crippen molar-refractivity contribution in [2.45, 2.75) is 19.9 Å². The van der Waals surface area contributed by atoms with Crippen molar-refractivity contribution in [3.05, 3.63) is 27.7 Å². The fourth-order valence-corrected chi connectivity index (χ4v) is 1.57. The lowest BCUT2D eigenvalue weighted by molar-refractivity contribution is -0.119. The maximum Gasteiger partial charge on any atom is 0.228 e. The van der Waals surface area contributed by atoms with Gasteiger partial charge >= 0.3 is 0 Å². The lowest BCUT2D eigenvalue weighted by Gasteiger charge is -2.15. The zero-order valence-corrected chi connectivity index (χ0v) is 11.5.